The van der Waals surface area contributed by atoms with Gasteiger partial charge < -0.3 is 9.64 Å². The number of methoxy groups -OCH3 is 1. The number of rotatable bonds is 3. The van der Waals surface area contributed by atoms with Crippen LogP contribution in [-0.4, -0.2) is 19.2 Å². The highest BCUT2D eigenvalue weighted by molar-refractivity contribution is 5.55. The highest BCUT2D eigenvalue weighted by atomic mass is 16.5. The van der Waals surface area contributed by atoms with E-state index < -0.39 is 0 Å². The smallest absolute Gasteiger partial charge is 0.119 e. The Morgan fingerprint density at radius 2 is 2.07 bits per heavy atom. The normalized spacial score (nSPS) is 24.5. The zero-order valence-electron chi connectivity index (χ0n) is 9.36. The minimum atomic E-state index is 0.134. The lowest BCUT2D eigenvalue weighted by atomic mass is 9.86. The van der Waals surface area contributed by atoms with Gasteiger partial charge in [-0.2, -0.15) is 0 Å². The molecule has 0 amide bonds. The molecule has 0 spiro atoms. The highest BCUT2D eigenvalue weighted by Crippen LogP contribution is 2.36. The van der Waals surface area contributed by atoms with E-state index in [0.717, 1.165) is 12.3 Å². The summed E-state index contributed by atoms with van der Waals surface area (Å²) in [6.45, 7) is 7.22. The summed E-state index contributed by atoms with van der Waals surface area (Å²) in [5.41, 5.74) is 1.37. The first kappa shape index (κ1) is 10.1. The van der Waals surface area contributed by atoms with Gasteiger partial charge in [0.1, 0.15) is 5.75 Å². The van der Waals surface area contributed by atoms with Crippen LogP contribution in [0.2, 0.25) is 0 Å². The Hall–Kier alpha value is -1.44. The standard InChI is InChI=1S/C13H17NO/c1-4-13(2)9-10-14(13)11-5-7-12(15-3)8-6-11/h4-8H,1,9-10H2,2-3H3. The molecule has 1 aromatic carbocycles. The number of anilines is 1. The van der Waals surface area contributed by atoms with Crippen LogP contribution in [0.15, 0.2) is 36.9 Å². The summed E-state index contributed by atoms with van der Waals surface area (Å²) in [5, 5.41) is 0. The van der Waals surface area contributed by atoms with E-state index in [1.807, 2.05) is 18.2 Å². The first-order valence-corrected chi connectivity index (χ1v) is 5.25. The quantitative estimate of drug-likeness (QED) is 0.700. The molecule has 1 aliphatic rings. The molecule has 0 saturated carbocycles. The Morgan fingerprint density at radius 3 is 2.47 bits per heavy atom. The fraction of sp³-hybridized carbons (Fsp3) is 0.385. The average molecular weight is 203 g/mol. The third kappa shape index (κ3) is 1.60. The van der Waals surface area contributed by atoms with Gasteiger partial charge in [0, 0.05) is 12.2 Å². The molecule has 0 aliphatic carbocycles. The van der Waals surface area contributed by atoms with Gasteiger partial charge in [-0.25, -0.2) is 0 Å². The maximum Gasteiger partial charge on any atom is 0.119 e. The summed E-state index contributed by atoms with van der Waals surface area (Å²) in [7, 11) is 1.69. The molecule has 1 atom stereocenters. The molecule has 2 heteroatoms. The van der Waals surface area contributed by atoms with E-state index in [-0.39, 0.29) is 5.54 Å². The molecule has 1 unspecified atom stereocenters. The van der Waals surface area contributed by atoms with E-state index in [2.05, 4.69) is 30.5 Å². The Labute approximate surface area is 91.2 Å². The zero-order valence-corrected chi connectivity index (χ0v) is 9.36. The number of ether oxygens (including phenoxy) is 1. The largest absolute Gasteiger partial charge is 0.497 e. The molecule has 1 fully saturated rings. The maximum absolute atomic E-state index is 5.14. The van der Waals surface area contributed by atoms with Crippen LogP contribution in [0.1, 0.15) is 13.3 Å². The second kappa shape index (κ2) is 3.61. The maximum atomic E-state index is 5.14. The summed E-state index contributed by atoms with van der Waals surface area (Å²) in [5.74, 6) is 0.902. The van der Waals surface area contributed by atoms with Crippen LogP contribution in [-0.2, 0) is 0 Å². The van der Waals surface area contributed by atoms with Crippen LogP contribution in [0.25, 0.3) is 0 Å². The van der Waals surface area contributed by atoms with E-state index in [1.54, 1.807) is 7.11 Å². The minimum Gasteiger partial charge on any atom is -0.497 e. The molecule has 1 heterocycles. The Kier molecular flexibility index (Phi) is 2.43. The molecule has 2 rings (SSSR count). The zero-order chi connectivity index (χ0) is 10.9. The number of nitrogens with zero attached hydrogens (tertiary/aromatic N) is 1. The molecule has 80 valence electrons. The summed E-state index contributed by atoms with van der Waals surface area (Å²) >= 11 is 0. The van der Waals surface area contributed by atoms with Gasteiger partial charge in [0.25, 0.3) is 0 Å². The van der Waals surface area contributed by atoms with Gasteiger partial charge in [0.05, 0.1) is 12.6 Å². The van der Waals surface area contributed by atoms with Crippen molar-refractivity contribution < 1.29 is 4.74 Å². The van der Waals surface area contributed by atoms with Crippen LogP contribution < -0.4 is 9.64 Å². The number of benzene rings is 1. The number of hydrogen-bond acceptors (Lipinski definition) is 2. The van der Waals surface area contributed by atoms with Crippen LogP contribution >= 0.6 is 0 Å². The molecule has 1 saturated heterocycles. The van der Waals surface area contributed by atoms with Gasteiger partial charge in [-0.1, -0.05) is 6.08 Å². The van der Waals surface area contributed by atoms with Crippen molar-refractivity contribution in [3.8, 4) is 5.75 Å². The molecule has 15 heavy (non-hydrogen) atoms. The van der Waals surface area contributed by atoms with Crippen molar-refractivity contribution in [3.63, 3.8) is 0 Å². The summed E-state index contributed by atoms with van der Waals surface area (Å²) in [4.78, 5) is 2.36. The van der Waals surface area contributed by atoms with E-state index in [0.29, 0.717) is 0 Å². The average Bonchev–Trinajstić information content (AvgIpc) is 2.27. The van der Waals surface area contributed by atoms with Gasteiger partial charge in [0.2, 0.25) is 0 Å². The van der Waals surface area contributed by atoms with Crippen molar-refractivity contribution in [2.24, 2.45) is 0 Å². The molecule has 0 bridgehead atoms. The van der Waals surface area contributed by atoms with Gasteiger partial charge in [-0.05, 0) is 37.6 Å². The summed E-state index contributed by atoms with van der Waals surface area (Å²) < 4.78 is 5.14. The SMILES string of the molecule is C=CC1(C)CCN1c1ccc(OC)cc1. The molecule has 0 aromatic heterocycles. The van der Waals surface area contributed by atoms with E-state index in [9.17, 15) is 0 Å². The Morgan fingerprint density at radius 1 is 1.40 bits per heavy atom. The van der Waals surface area contributed by atoms with Crippen LogP contribution in [0.3, 0.4) is 0 Å². The second-order valence-electron chi connectivity index (χ2n) is 4.16. The van der Waals surface area contributed by atoms with E-state index in [4.69, 9.17) is 4.74 Å². The van der Waals surface area contributed by atoms with Gasteiger partial charge in [-0.3, -0.25) is 0 Å². The fourth-order valence-corrected chi connectivity index (χ4v) is 1.97. The second-order valence-corrected chi connectivity index (χ2v) is 4.16. The van der Waals surface area contributed by atoms with Crippen molar-refractivity contribution in [2.45, 2.75) is 18.9 Å². The summed E-state index contributed by atoms with van der Waals surface area (Å²) in [6.07, 6.45) is 3.21. The molecular weight excluding hydrogens is 186 g/mol. The predicted molar refractivity (Wildman–Crippen MR) is 63.6 cm³/mol. The van der Waals surface area contributed by atoms with E-state index in [1.165, 1.54) is 12.1 Å². The van der Waals surface area contributed by atoms with Crippen molar-refractivity contribution in [1.82, 2.24) is 0 Å². The topological polar surface area (TPSA) is 12.5 Å². The monoisotopic (exact) mass is 203 g/mol. The third-order valence-corrected chi connectivity index (χ3v) is 3.28. The fourth-order valence-electron chi connectivity index (χ4n) is 1.97. The highest BCUT2D eigenvalue weighted by Gasteiger charge is 2.37. The van der Waals surface area contributed by atoms with Gasteiger partial charge >= 0.3 is 0 Å². The van der Waals surface area contributed by atoms with Crippen molar-refractivity contribution in [1.29, 1.82) is 0 Å². The lowest BCUT2D eigenvalue weighted by molar-refractivity contribution is 0.375. The predicted octanol–water partition coefficient (Wildman–Crippen LogP) is 2.85. The van der Waals surface area contributed by atoms with Crippen LogP contribution in [0.4, 0.5) is 5.69 Å². The van der Waals surface area contributed by atoms with Crippen molar-refractivity contribution in [3.05, 3.63) is 36.9 Å². The Bertz CT molecular complexity index is 357. The molecule has 0 N–H and O–H groups in total. The molecule has 2 nitrogen and oxygen atoms in total. The Balaban J connectivity index is 2.20. The molecule has 1 aliphatic heterocycles. The van der Waals surface area contributed by atoms with Gasteiger partial charge in [-0.15, -0.1) is 6.58 Å². The summed E-state index contributed by atoms with van der Waals surface area (Å²) in [6, 6.07) is 8.19. The third-order valence-electron chi connectivity index (χ3n) is 3.28. The molecule has 0 radical (unpaired) electrons. The van der Waals surface area contributed by atoms with Gasteiger partial charge in [0.15, 0.2) is 0 Å². The number of hydrogen-bond donors (Lipinski definition) is 0. The minimum absolute atomic E-state index is 0.134. The van der Waals surface area contributed by atoms with Crippen molar-refractivity contribution in [2.75, 3.05) is 18.6 Å². The lowest BCUT2D eigenvalue weighted by Gasteiger charge is -2.50. The molecular formula is C13H17NO. The first-order valence-electron chi connectivity index (χ1n) is 5.25. The first-order chi connectivity index (χ1) is 7.19. The lowest BCUT2D eigenvalue weighted by Crippen LogP contribution is -2.56. The van der Waals surface area contributed by atoms with Crippen LogP contribution in [0.5, 0.6) is 5.75 Å². The van der Waals surface area contributed by atoms with E-state index >= 15 is 0 Å². The van der Waals surface area contributed by atoms with Crippen molar-refractivity contribution >= 4 is 5.69 Å². The van der Waals surface area contributed by atoms with Crippen LogP contribution in [0, 0.1) is 0 Å². The molecule has 1 aromatic rings.